The van der Waals surface area contributed by atoms with Crippen LogP contribution < -0.4 is 14.8 Å². The molecule has 0 aliphatic rings. The van der Waals surface area contributed by atoms with E-state index in [1.807, 2.05) is 6.07 Å². The normalized spacial score (nSPS) is 10.8. The summed E-state index contributed by atoms with van der Waals surface area (Å²) >= 11 is 3.40. The first kappa shape index (κ1) is 24.4. The van der Waals surface area contributed by atoms with Crippen molar-refractivity contribution in [1.82, 2.24) is 0 Å². The fraction of sp³-hybridized carbons (Fsp3) is 0.0833. The number of non-ortho nitro benzene ring substituents is 1. The number of rotatable bonds is 8. The number of halogens is 2. The summed E-state index contributed by atoms with van der Waals surface area (Å²) in [6.07, 6.45) is 1.35. The number of hydrogen-bond donors (Lipinski definition) is 1. The zero-order valence-corrected chi connectivity index (χ0v) is 19.3. The van der Waals surface area contributed by atoms with E-state index in [-0.39, 0.29) is 29.4 Å². The fourth-order valence-electron chi connectivity index (χ4n) is 2.88. The fourth-order valence-corrected chi connectivity index (χ4v) is 3.31. The predicted molar refractivity (Wildman–Crippen MR) is 127 cm³/mol. The molecule has 0 heterocycles. The number of carbonyl (C=O) groups is 1. The van der Waals surface area contributed by atoms with Gasteiger partial charge in [-0.3, -0.25) is 14.9 Å². The topological polar surface area (TPSA) is 114 Å². The first-order chi connectivity index (χ1) is 16.3. The minimum Gasteiger partial charge on any atom is -0.493 e. The van der Waals surface area contributed by atoms with Gasteiger partial charge in [-0.2, -0.15) is 5.26 Å². The van der Waals surface area contributed by atoms with Crippen LogP contribution in [0.4, 0.5) is 15.8 Å². The summed E-state index contributed by atoms with van der Waals surface area (Å²) in [5.74, 6) is -0.322. The Balaban J connectivity index is 1.81. The van der Waals surface area contributed by atoms with Crippen LogP contribution in [0.2, 0.25) is 0 Å². The van der Waals surface area contributed by atoms with Crippen LogP contribution in [0.5, 0.6) is 11.5 Å². The number of benzene rings is 3. The van der Waals surface area contributed by atoms with Gasteiger partial charge < -0.3 is 14.8 Å². The van der Waals surface area contributed by atoms with E-state index in [0.717, 1.165) is 5.56 Å². The SMILES string of the molecule is COc1cc(/C=C(\C#N)C(=O)Nc2cccc([N+](=O)[O-])c2)c(Br)cc1OCc1ccc(F)cc1. The number of nitrogens with zero attached hydrogens (tertiary/aromatic N) is 2. The molecular weight excluding hydrogens is 509 g/mol. The predicted octanol–water partition coefficient (Wildman–Crippen LogP) is 5.63. The van der Waals surface area contributed by atoms with Gasteiger partial charge >= 0.3 is 0 Å². The lowest BCUT2D eigenvalue weighted by Gasteiger charge is -2.13. The number of amides is 1. The average Bonchev–Trinajstić information content (AvgIpc) is 2.83. The molecule has 0 atom stereocenters. The molecule has 0 aliphatic heterocycles. The van der Waals surface area contributed by atoms with Gasteiger partial charge in [0.25, 0.3) is 11.6 Å². The molecule has 1 N–H and O–H groups in total. The number of nitrogens with one attached hydrogen (secondary N) is 1. The molecule has 0 unspecified atom stereocenters. The number of carbonyl (C=O) groups excluding carboxylic acids is 1. The van der Waals surface area contributed by atoms with Gasteiger partial charge in [0.05, 0.1) is 12.0 Å². The second-order valence-corrected chi connectivity index (χ2v) is 7.73. The van der Waals surface area contributed by atoms with Crippen molar-refractivity contribution in [3.05, 3.63) is 97.8 Å². The minimum atomic E-state index is -0.731. The van der Waals surface area contributed by atoms with Crippen molar-refractivity contribution < 1.29 is 23.6 Å². The average molecular weight is 526 g/mol. The van der Waals surface area contributed by atoms with Crippen molar-refractivity contribution >= 4 is 39.3 Å². The van der Waals surface area contributed by atoms with E-state index < -0.39 is 10.8 Å². The number of methoxy groups -OCH3 is 1. The second kappa shape index (κ2) is 11.1. The summed E-state index contributed by atoms with van der Waals surface area (Å²) in [6, 6.07) is 16.3. The Morgan fingerprint density at radius 3 is 2.59 bits per heavy atom. The molecule has 0 saturated carbocycles. The lowest BCUT2D eigenvalue weighted by molar-refractivity contribution is -0.384. The van der Waals surface area contributed by atoms with Crippen LogP contribution in [0.1, 0.15) is 11.1 Å². The van der Waals surface area contributed by atoms with Crippen molar-refractivity contribution in [2.75, 3.05) is 12.4 Å². The molecule has 0 radical (unpaired) electrons. The highest BCUT2D eigenvalue weighted by Gasteiger charge is 2.15. The molecule has 0 aliphatic carbocycles. The molecule has 0 bridgehead atoms. The summed E-state index contributed by atoms with van der Waals surface area (Å²) in [7, 11) is 1.45. The molecule has 0 spiro atoms. The molecule has 3 aromatic rings. The molecule has 0 fully saturated rings. The lowest BCUT2D eigenvalue weighted by atomic mass is 10.1. The van der Waals surface area contributed by atoms with Crippen LogP contribution in [0, 0.1) is 27.3 Å². The highest BCUT2D eigenvalue weighted by atomic mass is 79.9. The van der Waals surface area contributed by atoms with Crippen molar-refractivity contribution in [2.45, 2.75) is 6.61 Å². The van der Waals surface area contributed by atoms with E-state index >= 15 is 0 Å². The van der Waals surface area contributed by atoms with Gasteiger partial charge in [-0.05, 0) is 47.5 Å². The Labute approximate surface area is 202 Å². The third-order valence-corrected chi connectivity index (χ3v) is 5.26. The monoisotopic (exact) mass is 525 g/mol. The first-order valence-corrected chi connectivity index (χ1v) is 10.5. The summed E-state index contributed by atoms with van der Waals surface area (Å²) in [6.45, 7) is 0.174. The molecule has 0 saturated heterocycles. The van der Waals surface area contributed by atoms with Crippen LogP contribution in [0.3, 0.4) is 0 Å². The number of hydrogen-bond acceptors (Lipinski definition) is 6. The van der Waals surface area contributed by atoms with Gasteiger partial charge in [0.15, 0.2) is 11.5 Å². The summed E-state index contributed by atoms with van der Waals surface area (Å²) in [5, 5.41) is 22.9. The molecule has 8 nitrogen and oxygen atoms in total. The van der Waals surface area contributed by atoms with E-state index in [1.165, 1.54) is 49.6 Å². The number of anilines is 1. The van der Waals surface area contributed by atoms with Gasteiger partial charge in [-0.1, -0.05) is 34.1 Å². The molecule has 3 aromatic carbocycles. The first-order valence-electron chi connectivity index (χ1n) is 9.73. The standard InChI is InChI=1S/C24H17BrFN3O5/c1-33-22-10-16(21(25)12-23(22)34-14-15-5-7-18(26)8-6-15)9-17(13-27)24(30)28-19-3-2-4-20(11-19)29(31)32/h2-12H,14H2,1H3,(H,28,30)/b17-9+. The Kier molecular flexibility index (Phi) is 7.95. The molecule has 0 aromatic heterocycles. The van der Waals surface area contributed by atoms with Crippen molar-refractivity contribution in [1.29, 1.82) is 5.26 Å². The second-order valence-electron chi connectivity index (χ2n) is 6.87. The Hall–Kier alpha value is -4.23. The molecule has 172 valence electrons. The van der Waals surface area contributed by atoms with Crippen LogP contribution >= 0.6 is 15.9 Å². The van der Waals surface area contributed by atoms with E-state index in [2.05, 4.69) is 21.2 Å². The van der Waals surface area contributed by atoms with Crippen molar-refractivity contribution in [3.8, 4) is 17.6 Å². The van der Waals surface area contributed by atoms with Gasteiger partial charge in [0.2, 0.25) is 0 Å². The molecular formula is C24H17BrFN3O5. The number of nitriles is 1. The van der Waals surface area contributed by atoms with Crippen LogP contribution in [-0.4, -0.2) is 17.9 Å². The van der Waals surface area contributed by atoms with Gasteiger partial charge in [0.1, 0.15) is 24.1 Å². The van der Waals surface area contributed by atoms with Crippen molar-refractivity contribution in [2.24, 2.45) is 0 Å². The third-order valence-electron chi connectivity index (χ3n) is 4.57. The highest BCUT2D eigenvalue weighted by Crippen LogP contribution is 2.35. The van der Waals surface area contributed by atoms with Crippen LogP contribution in [0.25, 0.3) is 6.08 Å². The summed E-state index contributed by atoms with van der Waals surface area (Å²) < 4.78 is 24.8. The van der Waals surface area contributed by atoms with Crippen molar-refractivity contribution in [3.63, 3.8) is 0 Å². The van der Waals surface area contributed by atoms with Crippen LogP contribution in [-0.2, 0) is 11.4 Å². The maximum Gasteiger partial charge on any atom is 0.271 e. The molecule has 1 amide bonds. The van der Waals surface area contributed by atoms with Gasteiger partial charge in [-0.25, -0.2) is 4.39 Å². The smallest absolute Gasteiger partial charge is 0.271 e. The Morgan fingerprint density at radius 2 is 1.94 bits per heavy atom. The number of nitro groups is 1. The highest BCUT2D eigenvalue weighted by molar-refractivity contribution is 9.10. The van der Waals surface area contributed by atoms with E-state index in [0.29, 0.717) is 21.5 Å². The Morgan fingerprint density at radius 1 is 1.21 bits per heavy atom. The largest absolute Gasteiger partial charge is 0.493 e. The summed E-state index contributed by atoms with van der Waals surface area (Å²) in [5.41, 5.74) is 0.990. The maximum absolute atomic E-state index is 13.1. The third kappa shape index (κ3) is 6.17. The van der Waals surface area contributed by atoms with Gasteiger partial charge in [-0.15, -0.1) is 0 Å². The van der Waals surface area contributed by atoms with E-state index in [4.69, 9.17) is 9.47 Å². The molecule has 3 rings (SSSR count). The zero-order valence-electron chi connectivity index (χ0n) is 17.7. The minimum absolute atomic E-state index is 0.174. The van der Waals surface area contributed by atoms with E-state index in [9.17, 15) is 24.6 Å². The lowest BCUT2D eigenvalue weighted by Crippen LogP contribution is -2.13. The Bertz CT molecular complexity index is 1300. The van der Waals surface area contributed by atoms with E-state index in [1.54, 1.807) is 24.3 Å². The number of ether oxygens (including phenoxy) is 2. The van der Waals surface area contributed by atoms with Crippen LogP contribution in [0.15, 0.2) is 70.7 Å². The number of nitro benzene ring substituents is 1. The summed E-state index contributed by atoms with van der Waals surface area (Å²) in [4.78, 5) is 22.9. The maximum atomic E-state index is 13.1. The molecule has 34 heavy (non-hydrogen) atoms. The molecule has 10 heteroatoms. The quantitative estimate of drug-likeness (QED) is 0.176. The van der Waals surface area contributed by atoms with Gasteiger partial charge in [0, 0.05) is 22.3 Å². The zero-order chi connectivity index (χ0) is 24.7.